The largest absolute Gasteiger partial charge is 0.482 e. The van der Waals surface area contributed by atoms with Crippen LogP contribution in [0, 0.1) is 0 Å². The van der Waals surface area contributed by atoms with E-state index < -0.39 is 5.97 Å². The zero-order chi connectivity index (χ0) is 18.4. The van der Waals surface area contributed by atoms with Crippen LogP contribution in [0.5, 0.6) is 5.75 Å². The maximum atomic E-state index is 11.7. The molecule has 0 unspecified atom stereocenters. The van der Waals surface area contributed by atoms with Gasteiger partial charge in [-0.25, -0.2) is 4.79 Å². The predicted molar refractivity (Wildman–Crippen MR) is 95.9 cm³/mol. The van der Waals surface area contributed by atoms with Crippen LogP contribution in [0.3, 0.4) is 0 Å². The lowest BCUT2D eigenvalue weighted by molar-refractivity contribution is -0.148. The molecule has 0 amide bonds. The summed E-state index contributed by atoms with van der Waals surface area (Å²) in [7, 11) is 0. The molecular weight excluding hydrogens is 356 g/mol. The molecule has 3 rings (SSSR count). The van der Waals surface area contributed by atoms with Crippen molar-refractivity contribution >= 4 is 17.6 Å². The Balaban J connectivity index is 1.49. The number of hydrogen-bond acceptors (Lipinski definition) is 6. The smallest absolute Gasteiger partial charge is 0.344 e. The van der Waals surface area contributed by atoms with Crippen LogP contribution in [-0.4, -0.2) is 22.7 Å². The number of hydrogen-bond donors (Lipinski definition) is 0. The Kier molecular flexibility index (Phi) is 5.86. The topological polar surface area (TPSA) is 74.5 Å². The summed E-state index contributed by atoms with van der Waals surface area (Å²) in [6.45, 7) is 1.76. The molecule has 0 aliphatic rings. The maximum Gasteiger partial charge on any atom is 0.344 e. The van der Waals surface area contributed by atoms with Crippen LogP contribution < -0.4 is 4.74 Å². The van der Waals surface area contributed by atoms with Crippen molar-refractivity contribution in [3.8, 4) is 17.1 Å². The number of halogens is 1. The average molecular weight is 373 g/mol. The van der Waals surface area contributed by atoms with Crippen LogP contribution in [-0.2, 0) is 22.6 Å². The fourth-order valence-corrected chi connectivity index (χ4v) is 2.30. The molecule has 0 bridgehead atoms. The van der Waals surface area contributed by atoms with Gasteiger partial charge in [0.05, 0.1) is 0 Å². The van der Waals surface area contributed by atoms with E-state index in [1.54, 1.807) is 24.3 Å². The first kappa shape index (κ1) is 17.9. The van der Waals surface area contributed by atoms with Crippen LogP contribution in [0.15, 0.2) is 53.1 Å². The summed E-state index contributed by atoms with van der Waals surface area (Å²) in [5.74, 6) is 0.671. The van der Waals surface area contributed by atoms with Crippen LogP contribution in [0.2, 0.25) is 5.02 Å². The van der Waals surface area contributed by atoms with E-state index in [0.29, 0.717) is 16.6 Å². The minimum atomic E-state index is -0.535. The number of rotatable bonds is 7. The number of aromatic nitrogens is 2. The van der Waals surface area contributed by atoms with Gasteiger partial charge in [-0.15, -0.1) is 0 Å². The number of carbonyl (C=O) groups is 1. The highest BCUT2D eigenvalue weighted by Gasteiger charge is 2.11. The summed E-state index contributed by atoms with van der Waals surface area (Å²) in [4.78, 5) is 16.0. The van der Waals surface area contributed by atoms with Gasteiger partial charge in [-0.1, -0.05) is 47.9 Å². The summed E-state index contributed by atoms with van der Waals surface area (Å²) < 4.78 is 15.5. The van der Waals surface area contributed by atoms with E-state index in [1.165, 1.54) is 5.56 Å². The molecule has 0 fully saturated rings. The molecule has 1 aromatic heterocycles. The van der Waals surface area contributed by atoms with Gasteiger partial charge >= 0.3 is 5.97 Å². The summed E-state index contributed by atoms with van der Waals surface area (Å²) in [6, 6.07) is 14.6. The SMILES string of the molecule is CCc1ccc(-c2noc(COC(=O)COc3ccc(Cl)cc3)n2)cc1. The van der Waals surface area contributed by atoms with Gasteiger partial charge in [0.1, 0.15) is 5.75 Å². The first-order valence-electron chi connectivity index (χ1n) is 8.10. The van der Waals surface area contributed by atoms with Crippen molar-refractivity contribution in [2.24, 2.45) is 0 Å². The Bertz CT molecular complexity index is 860. The summed E-state index contributed by atoms with van der Waals surface area (Å²) in [5, 5.41) is 4.49. The number of aryl methyl sites for hydroxylation is 1. The van der Waals surface area contributed by atoms with Gasteiger partial charge in [0.2, 0.25) is 5.82 Å². The van der Waals surface area contributed by atoms with Crippen molar-refractivity contribution in [1.29, 1.82) is 0 Å². The fourth-order valence-electron chi connectivity index (χ4n) is 2.18. The third kappa shape index (κ3) is 4.83. The van der Waals surface area contributed by atoms with Gasteiger partial charge in [0, 0.05) is 10.6 Å². The lowest BCUT2D eigenvalue weighted by atomic mass is 10.1. The fraction of sp³-hybridized carbons (Fsp3) is 0.211. The Morgan fingerprint density at radius 2 is 1.85 bits per heavy atom. The van der Waals surface area contributed by atoms with Gasteiger partial charge in [-0.2, -0.15) is 4.98 Å². The molecule has 0 spiro atoms. The van der Waals surface area contributed by atoms with Crippen molar-refractivity contribution in [3.05, 3.63) is 65.0 Å². The van der Waals surface area contributed by atoms with E-state index in [9.17, 15) is 4.79 Å². The zero-order valence-electron chi connectivity index (χ0n) is 14.1. The molecule has 6 nitrogen and oxygen atoms in total. The molecule has 0 N–H and O–H groups in total. The van der Waals surface area contributed by atoms with Gasteiger partial charge in [-0.3, -0.25) is 0 Å². The Morgan fingerprint density at radius 3 is 2.54 bits per heavy atom. The van der Waals surface area contributed by atoms with Gasteiger partial charge in [0.15, 0.2) is 13.2 Å². The first-order valence-corrected chi connectivity index (χ1v) is 8.47. The van der Waals surface area contributed by atoms with E-state index >= 15 is 0 Å². The highest BCUT2D eigenvalue weighted by Crippen LogP contribution is 2.17. The Morgan fingerprint density at radius 1 is 1.12 bits per heavy atom. The van der Waals surface area contributed by atoms with E-state index in [2.05, 4.69) is 17.1 Å². The first-order chi connectivity index (χ1) is 12.6. The van der Waals surface area contributed by atoms with E-state index in [0.717, 1.165) is 12.0 Å². The van der Waals surface area contributed by atoms with Crippen molar-refractivity contribution in [1.82, 2.24) is 10.1 Å². The Labute approximate surface area is 155 Å². The Hall–Kier alpha value is -2.86. The highest BCUT2D eigenvalue weighted by molar-refractivity contribution is 6.30. The molecule has 3 aromatic rings. The molecule has 134 valence electrons. The van der Waals surface area contributed by atoms with E-state index in [1.807, 2.05) is 24.3 Å². The van der Waals surface area contributed by atoms with Crippen molar-refractivity contribution in [2.45, 2.75) is 20.0 Å². The molecule has 26 heavy (non-hydrogen) atoms. The van der Waals surface area contributed by atoms with E-state index in [-0.39, 0.29) is 19.1 Å². The monoisotopic (exact) mass is 372 g/mol. The lowest BCUT2D eigenvalue weighted by Crippen LogP contribution is -2.14. The van der Waals surface area contributed by atoms with Crippen LogP contribution in [0.25, 0.3) is 11.4 Å². The third-order valence-corrected chi connectivity index (χ3v) is 3.87. The quantitative estimate of drug-likeness (QED) is 0.582. The predicted octanol–water partition coefficient (Wildman–Crippen LogP) is 4.07. The number of nitrogens with zero attached hydrogens (tertiary/aromatic N) is 2. The molecule has 0 aliphatic carbocycles. The minimum Gasteiger partial charge on any atom is -0.482 e. The molecule has 0 aliphatic heterocycles. The molecular formula is C19H17ClN2O4. The summed E-state index contributed by atoms with van der Waals surface area (Å²) >= 11 is 5.78. The van der Waals surface area contributed by atoms with Crippen LogP contribution in [0.1, 0.15) is 18.4 Å². The number of carbonyl (C=O) groups excluding carboxylic acids is 1. The van der Waals surface area contributed by atoms with Crippen molar-refractivity contribution in [3.63, 3.8) is 0 Å². The molecule has 1 heterocycles. The number of esters is 1. The molecule has 0 saturated carbocycles. The minimum absolute atomic E-state index is 0.108. The van der Waals surface area contributed by atoms with Gasteiger partial charge in [-0.05, 0) is 36.2 Å². The van der Waals surface area contributed by atoms with Crippen molar-refractivity contribution in [2.75, 3.05) is 6.61 Å². The lowest BCUT2D eigenvalue weighted by Gasteiger charge is -2.05. The second-order valence-electron chi connectivity index (χ2n) is 5.47. The van der Waals surface area contributed by atoms with Crippen molar-refractivity contribution < 1.29 is 18.8 Å². The maximum absolute atomic E-state index is 11.7. The third-order valence-electron chi connectivity index (χ3n) is 3.62. The second kappa shape index (κ2) is 8.49. The second-order valence-corrected chi connectivity index (χ2v) is 5.90. The normalized spacial score (nSPS) is 10.5. The summed E-state index contributed by atoms with van der Waals surface area (Å²) in [5.41, 5.74) is 2.07. The van der Waals surface area contributed by atoms with Crippen LogP contribution in [0.4, 0.5) is 0 Å². The van der Waals surface area contributed by atoms with Gasteiger partial charge < -0.3 is 14.0 Å². The molecule has 0 atom stereocenters. The van der Waals surface area contributed by atoms with E-state index in [4.69, 9.17) is 25.6 Å². The summed E-state index contributed by atoms with van der Waals surface area (Å²) in [6.07, 6.45) is 0.964. The molecule has 0 saturated heterocycles. The average Bonchev–Trinajstić information content (AvgIpc) is 3.15. The number of benzene rings is 2. The highest BCUT2D eigenvalue weighted by atomic mass is 35.5. The van der Waals surface area contributed by atoms with Gasteiger partial charge in [0.25, 0.3) is 5.89 Å². The molecule has 0 radical (unpaired) electrons. The molecule has 7 heteroatoms. The zero-order valence-corrected chi connectivity index (χ0v) is 14.9. The number of ether oxygens (including phenoxy) is 2. The molecule has 2 aromatic carbocycles. The van der Waals surface area contributed by atoms with Crippen LogP contribution >= 0.6 is 11.6 Å². The standard InChI is InChI=1S/C19H17ClN2O4/c1-2-13-3-5-14(6-4-13)19-21-17(26-22-19)11-25-18(23)12-24-16-9-7-15(20)8-10-16/h3-10H,2,11-12H2,1H3.